The fraction of sp³-hybridized carbons (Fsp3) is 0.692. The molecule has 1 rings (SSSR count). The average Bonchev–Trinajstić information content (AvgIpc) is 2.77. The molecule has 0 aliphatic heterocycles. The maximum absolute atomic E-state index is 5.07. The van der Waals surface area contributed by atoms with E-state index in [-0.39, 0.29) is 0 Å². The molecule has 16 heavy (non-hydrogen) atoms. The Kier molecular flexibility index (Phi) is 5.56. The maximum atomic E-state index is 5.07. The van der Waals surface area contributed by atoms with Crippen LogP contribution in [-0.2, 0) is 6.54 Å². The van der Waals surface area contributed by atoms with Crippen molar-refractivity contribution in [2.24, 2.45) is 0 Å². The molecule has 92 valence electrons. The van der Waals surface area contributed by atoms with E-state index >= 15 is 0 Å². The minimum atomic E-state index is 0.531. The van der Waals surface area contributed by atoms with Crippen LogP contribution in [-0.4, -0.2) is 30.6 Å². The lowest BCUT2D eigenvalue weighted by atomic mass is 10.2. The Morgan fingerprint density at radius 3 is 2.75 bits per heavy atom. The maximum Gasteiger partial charge on any atom is 0.0947 e. The molecule has 3 heteroatoms. The summed E-state index contributed by atoms with van der Waals surface area (Å²) in [6.07, 6.45) is 4.72. The third kappa shape index (κ3) is 4.37. The first-order valence-electron chi connectivity index (χ1n) is 6.08. The summed E-state index contributed by atoms with van der Waals surface area (Å²) >= 11 is 0. The number of nitrogens with one attached hydrogen (secondary N) is 1. The molecule has 2 unspecified atom stereocenters. The molecule has 1 heterocycles. The van der Waals surface area contributed by atoms with Crippen LogP contribution in [0.2, 0.25) is 0 Å². The third-order valence-corrected chi connectivity index (χ3v) is 3.14. The second-order valence-electron chi connectivity index (χ2n) is 4.61. The van der Waals surface area contributed by atoms with Gasteiger partial charge in [-0.15, -0.1) is 0 Å². The fourth-order valence-corrected chi connectivity index (χ4v) is 1.50. The highest BCUT2D eigenvalue weighted by Gasteiger charge is 2.10. The van der Waals surface area contributed by atoms with Crippen molar-refractivity contribution in [1.82, 2.24) is 10.2 Å². The minimum Gasteiger partial charge on any atom is -0.472 e. The summed E-state index contributed by atoms with van der Waals surface area (Å²) in [5, 5.41) is 3.53. The van der Waals surface area contributed by atoms with Gasteiger partial charge in [-0.25, -0.2) is 0 Å². The molecule has 0 amide bonds. The SMILES string of the molecule is CCC(C)NCC(C)N(C)Cc1ccoc1. The van der Waals surface area contributed by atoms with E-state index in [9.17, 15) is 0 Å². The van der Waals surface area contributed by atoms with Crippen molar-refractivity contribution in [1.29, 1.82) is 0 Å². The van der Waals surface area contributed by atoms with Gasteiger partial charge in [0.05, 0.1) is 12.5 Å². The molecule has 0 radical (unpaired) electrons. The quantitative estimate of drug-likeness (QED) is 0.771. The minimum absolute atomic E-state index is 0.531. The van der Waals surface area contributed by atoms with Gasteiger partial charge in [0.25, 0.3) is 0 Å². The molecule has 3 nitrogen and oxygen atoms in total. The molecule has 1 aromatic rings. The Morgan fingerprint density at radius 2 is 2.19 bits per heavy atom. The van der Waals surface area contributed by atoms with Gasteiger partial charge in [-0.3, -0.25) is 4.90 Å². The number of likely N-dealkylation sites (N-methyl/N-ethyl adjacent to an activating group) is 1. The van der Waals surface area contributed by atoms with Crippen molar-refractivity contribution >= 4 is 0 Å². The summed E-state index contributed by atoms with van der Waals surface area (Å²) in [7, 11) is 2.15. The van der Waals surface area contributed by atoms with Crippen LogP contribution in [0.1, 0.15) is 32.8 Å². The first-order valence-corrected chi connectivity index (χ1v) is 6.08. The van der Waals surface area contributed by atoms with Crippen molar-refractivity contribution in [3.05, 3.63) is 24.2 Å². The lowest BCUT2D eigenvalue weighted by Crippen LogP contribution is -2.40. The number of rotatable bonds is 7. The predicted octanol–water partition coefficient (Wildman–Crippen LogP) is 2.49. The Bertz CT molecular complexity index is 271. The Balaban J connectivity index is 2.27. The van der Waals surface area contributed by atoms with Crippen molar-refractivity contribution in [3.63, 3.8) is 0 Å². The Hall–Kier alpha value is -0.800. The Labute approximate surface area is 98.8 Å². The van der Waals surface area contributed by atoms with Crippen molar-refractivity contribution in [3.8, 4) is 0 Å². The van der Waals surface area contributed by atoms with E-state index in [0.29, 0.717) is 12.1 Å². The second kappa shape index (κ2) is 6.71. The van der Waals surface area contributed by atoms with Crippen molar-refractivity contribution < 1.29 is 4.42 Å². The largest absolute Gasteiger partial charge is 0.472 e. The number of nitrogens with zero attached hydrogens (tertiary/aromatic N) is 1. The first kappa shape index (κ1) is 13.3. The van der Waals surface area contributed by atoms with Crippen LogP contribution in [0.25, 0.3) is 0 Å². The van der Waals surface area contributed by atoms with Gasteiger partial charge in [-0.1, -0.05) is 6.92 Å². The van der Waals surface area contributed by atoms with Crippen LogP contribution in [0.5, 0.6) is 0 Å². The van der Waals surface area contributed by atoms with Crippen LogP contribution in [0.15, 0.2) is 23.0 Å². The molecule has 0 saturated carbocycles. The second-order valence-corrected chi connectivity index (χ2v) is 4.61. The van der Waals surface area contributed by atoms with E-state index in [2.05, 4.69) is 38.0 Å². The average molecular weight is 224 g/mol. The number of furan rings is 1. The van der Waals surface area contributed by atoms with Crippen LogP contribution in [0.3, 0.4) is 0 Å². The van der Waals surface area contributed by atoms with Gasteiger partial charge in [0.1, 0.15) is 0 Å². The molecule has 0 fully saturated rings. The highest BCUT2D eigenvalue weighted by atomic mass is 16.3. The van der Waals surface area contributed by atoms with E-state index in [4.69, 9.17) is 4.42 Å². The standard InChI is InChI=1S/C13H24N2O/c1-5-11(2)14-8-12(3)15(4)9-13-6-7-16-10-13/h6-7,10-12,14H,5,8-9H2,1-4H3. The topological polar surface area (TPSA) is 28.4 Å². The van der Waals surface area contributed by atoms with Crippen molar-refractivity contribution in [2.45, 2.75) is 45.8 Å². The van der Waals surface area contributed by atoms with E-state index in [1.807, 2.05) is 12.3 Å². The van der Waals surface area contributed by atoms with Gasteiger partial charge in [0.2, 0.25) is 0 Å². The number of hydrogen-bond acceptors (Lipinski definition) is 3. The van der Waals surface area contributed by atoms with E-state index in [0.717, 1.165) is 13.1 Å². The molecule has 0 saturated heterocycles. The van der Waals surface area contributed by atoms with Crippen molar-refractivity contribution in [2.75, 3.05) is 13.6 Å². The zero-order chi connectivity index (χ0) is 12.0. The summed E-state index contributed by atoms with van der Waals surface area (Å²) in [6, 6.07) is 3.15. The lowest BCUT2D eigenvalue weighted by molar-refractivity contribution is 0.237. The molecule has 0 aliphatic carbocycles. The summed E-state index contributed by atoms with van der Waals surface area (Å²) in [4.78, 5) is 2.33. The Morgan fingerprint density at radius 1 is 1.44 bits per heavy atom. The molecule has 1 aromatic heterocycles. The monoisotopic (exact) mass is 224 g/mol. The molecule has 1 N–H and O–H groups in total. The zero-order valence-electron chi connectivity index (χ0n) is 10.9. The van der Waals surface area contributed by atoms with Crippen LogP contribution < -0.4 is 5.32 Å². The van der Waals surface area contributed by atoms with Gasteiger partial charge >= 0.3 is 0 Å². The smallest absolute Gasteiger partial charge is 0.0947 e. The van der Waals surface area contributed by atoms with Gasteiger partial charge in [0.15, 0.2) is 0 Å². The highest BCUT2D eigenvalue weighted by molar-refractivity contribution is 5.04. The first-order chi connectivity index (χ1) is 7.63. The molecule has 2 atom stereocenters. The molecule has 0 bridgehead atoms. The number of hydrogen-bond donors (Lipinski definition) is 1. The lowest BCUT2D eigenvalue weighted by Gasteiger charge is -2.25. The van der Waals surface area contributed by atoms with Gasteiger partial charge < -0.3 is 9.73 Å². The van der Waals surface area contributed by atoms with E-state index < -0.39 is 0 Å². The van der Waals surface area contributed by atoms with Crippen LogP contribution in [0.4, 0.5) is 0 Å². The molecular weight excluding hydrogens is 200 g/mol. The normalized spacial score (nSPS) is 15.3. The summed E-state index contributed by atoms with van der Waals surface area (Å²) < 4.78 is 5.07. The predicted molar refractivity (Wildman–Crippen MR) is 67.4 cm³/mol. The van der Waals surface area contributed by atoms with Gasteiger partial charge in [-0.05, 0) is 33.4 Å². The van der Waals surface area contributed by atoms with Crippen LogP contribution >= 0.6 is 0 Å². The van der Waals surface area contributed by atoms with Crippen LogP contribution in [0, 0.1) is 0 Å². The van der Waals surface area contributed by atoms with E-state index in [1.54, 1.807) is 6.26 Å². The fourth-order valence-electron chi connectivity index (χ4n) is 1.50. The summed E-state index contributed by atoms with van der Waals surface area (Å²) in [6.45, 7) is 8.65. The van der Waals surface area contributed by atoms with Gasteiger partial charge in [-0.2, -0.15) is 0 Å². The summed E-state index contributed by atoms with van der Waals surface area (Å²) in [5.74, 6) is 0. The zero-order valence-corrected chi connectivity index (χ0v) is 10.9. The molecule has 0 spiro atoms. The highest BCUT2D eigenvalue weighted by Crippen LogP contribution is 2.06. The molecule has 0 aromatic carbocycles. The van der Waals surface area contributed by atoms with E-state index in [1.165, 1.54) is 12.0 Å². The summed E-state index contributed by atoms with van der Waals surface area (Å²) in [5.41, 5.74) is 1.23. The third-order valence-electron chi connectivity index (χ3n) is 3.14. The molecular formula is C13H24N2O. The van der Waals surface area contributed by atoms with Gasteiger partial charge in [0, 0.05) is 30.7 Å². The molecule has 0 aliphatic rings.